The van der Waals surface area contributed by atoms with Crippen LogP contribution in [0.1, 0.15) is 33.7 Å². The van der Waals surface area contributed by atoms with Gasteiger partial charge in [-0.15, -0.1) is 0 Å². The predicted octanol–water partition coefficient (Wildman–Crippen LogP) is 4.02. The molecule has 0 saturated heterocycles. The summed E-state index contributed by atoms with van der Waals surface area (Å²) in [6.07, 6.45) is 0.540. The minimum Gasteiger partial charge on any atom is -0.481 e. The molecule has 0 amide bonds. The van der Waals surface area contributed by atoms with E-state index in [-0.39, 0.29) is 0 Å². The van der Waals surface area contributed by atoms with Crippen LogP contribution in [0, 0.1) is 20.8 Å². The van der Waals surface area contributed by atoms with Gasteiger partial charge in [-0.1, -0.05) is 42.5 Å². The van der Waals surface area contributed by atoms with Crippen molar-refractivity contribution in [3.05, 3.63) is 70.3 Å². The molecular formula is C18H20O2. The van der Waals surface area contributed by atoms with E-state index in [2.05, 4.69) is 0 Å². The van der Waals surface area contributed by atoms with Crippen LogP contribution in [0.4, 0.5) is 0 Å². The van der Waals surface area contributed by atoms with Gasteiger partial charge in [0.05, 0.1) is 5.92 Å². The lowest BCUT2D eigenvalue weighted by Gasteiger charge is -2.18. The Hall–Kier alpha value is -2.09. The summed E-state index contributed by atoms with van der Waals surface area (Å²) >= 11 is 0. The van der Waals surface area contributed by atoms with Crippen molar-refractivity contribution in [2.75, 3.05) is 0 Å². The van der Waals surface area contributed by atoms with Crippen molar-refractivity contribution in [3.8, 4) is 0 Å². The molecule has 0 bridgehead atoms. The summed E-state index contributed by atoms with van der Waals surface area (Å²) in [5.41, 5.74) is 5.40. The lowest BCUT2D eigenvalue weighted by atomic mass is 9.86. The highest BCUT2D eigenvalue weighted by atomic mass is 16.4. The molecule has 0 aliphatic carbocycles. The number of hydrogen-bond acceptors (Lipinski definition) is 1. The van der Waals surface area contributed by atoms with E-state index in [1.54, 1.807) is 0 Å². The Kier molecular flexibility index (Phi) is 4.23. The average molecular weight is 268 g/mol. The minimum absolute atomic E-state index is 0.490. The van der Waals surface area contributed by atoms with Gasteiger partial charge in [-0.25, -0.2) is 0 Å². The summed E-state index contributed by atoms with van der Waals surface area (Å²) in [6.45, 7) is 6.05. The fourth-order valence-corrected chi connectivity index (χ4v) is 2.68. The summed E-state index contributed by atoms with van der Waals surface area (Å²) in [4.78, 5) is 11.7. The highest BCUT2D eigenvalue weighted by Crippen LogP contribution is 2.27. The van der Waals surface area contributed by atoms with Crippen LogP contribution in [0.3, 0.4) is 0 Å². The van der Waals surface area contributed by atoms with Crippen LogP contribution in [0.5, 0.6) is 0 Å². The van der Waals surface area contributed by atoms with Gasteiger partial charge in [0.1, 0.15) is 0 Å². The third kappa shape index (κ3) is 2.90. The van der Waals surface area contributed by atoms with E-state index >= 15 is 0 Å². The Bertz CT molecular complexity index is 609. The molecule has 0 spiro atoms. The maximum Gasteiger partial charge on any atom is 0.311 e. The van der Waals surface area contributed by atoms with Crippen molar-refractivity contribution in [1.82, 2.24) is 0 Å². The number of carboxylic acid groups (broad SMARTS) is 1. The van der Waals surface area contributed by atoms with E-state index < -0.39 is 11.9 Å². The third-order valence-corrected chi connectivity index (χ3v) is 3.91. The molecule has 2 rings (SSSR count). The largest absolute Gasteiger partial charge is 0.481 e. The summed E-state index contributed by atoms with van der Waals surface area (Å²) in [6, 6.07) is 13.8. The predicted molar refractivity (Wildman–Crippen MR) is 81.2 cm³/mol. The van der Waals surface area contributed by atoms with Crippen LogP contribution >= 0.6 is 0 Å². The Morgan fingerprint density at radius 2 is 1.50 bits per heavy atom. The standard InChI is InChI=1S/C18H20O2/c1-12-7-4-5-10-15(12)17(18(19)20)11-16-13(2)8-6-9-14(16)3/h4-10,17H,11H2,1-3H3,(H,19,20). The molecule has 104 valence electrons. The summed E-state index contributed by atoms with van der Waals surface area (Å²) in [7, 11) is 0. The van der Waals surface area contributed by atoms with Crippen molar-refractivity contribution < 1.29 is 9.90 Å². The molecule has 0 fully saturated rings. The van der Waals surface area contributed by atoms with Gasteiger partial charge in [0.2, 0.25) is 0 Å². The van der Waals surface area contributed by atoms with Gasteiger partial charge in [-0.3, -0.25) is 4.79 Å². The highest BCUT2D eigenvalue weighted by Gasteiger charge is 2.23. The second-order valence-corrected chi connectivity index (χ2v) is 5.32. The topological polar surface area (TPSA) is 37.3 Å². The molecular weight excluding hydrogens is 248 g/mol. The van der Waals surface area contributed by atoms with Crippen molar-refractivity contribution in [1.29, 1.82) is 0 Å². The lowest BCUT2D eigenvalue weighted by molar-refractivity contribution is -0.138. The van der Waals surface area contributed by atoms with Crippen molar-refractivity contribution in [2.45, 2.75) is 33.1 Å². The Balaban J connectivity index is 2.42. The number of aliphatic carboxylic acids is 1. The first-order chi connectivity index (χ1) is 9.50. The van der Waals surface area contributed by atoms with Crippen LogP contribution < -0.4 is 0 Å². The SMILES string of the molecule is Cc1ccccc1C(Cc1c(C)cccc1C)C(=O)O. The Morgan fingerprint density at radius 1 is 0.950 bits per heavy atom. The van der Waals surface area contributed by atoms with Crippen LogP contribution in [0.15, 0.2) is 42.5 Å². The number of rotatable bonds is 4. The van der Waals surface area contributed by atoms with Crippen molar-refractivity contribution in [2.24, 2.45) is 0 Å². The van der Waals surface area contributed by atoms with Crippen LogP contribution in [0.2, 0.25) is 0 Å². The second kappa shape index (κ2) is 5.91. The van der Waals surface area contributed by atoms with E-state index in [4.69, 9.17) is 0 Å². The quantitative estimate of drug-likeness (QED) is 0.909. The normalized spacial score (nSPS) is 12.2. The summed E-state index contributed by atoms with van der Waals surface area (Å²) in [5, 5.41) is 9.59. The van der Waals surface area contributed by atoms with Gasteiger partial charge in [-0.2, -0.15) is 0 Å². The van der Waals surface area contributed by atoms with Crippen molar-refractivity contribution >= 4 is 5.97 Å². The first-order valence-electron chi connectivity index (χ1n) is 6.84. The van der Waals surface area contributed by atoms with Gasteiger partial charge in [0, 0.05) is 0 Å². The molecule has 0 aliphatic rings. The molecule has 0 radical (unpaired) electrons. The maximum absolute atomic E-state index is 11.7. The van der Waals surface area contributed by atoms with Gasteiger partial charge in [-0.05, 0) is 55.0 Å². The van der Waals surface area contributed by atoms with E-state index in [1.165, 1.54) is 0 Å². The summed E-state index contributed by atoms with van der Waals surface area (Å²) < 4.78 is 0. The molecule has 0 heterocycles. The Morgan fingerprint density at radius 3 is 2.05 bits per heavy atom. The molecule has 2 nitrogen and oxygen atoms in total. The molecule has 0 saturated carbocycles. The van der Waals surface area contributed by atoms with E-state index in [9.17, 15) is 9.90 Å². The molecule has 0 aliphatic heterocycles. The zero-order chi connectivity index (χ0) is 14.7. The minimum atomic E-state index is -0.762. The monoisotopic (exact) mass is 268 g/mol. The van der Waals surface area contributed by atoms with E-state index in [0.29, 0.717) is 6.42 Å². The zero-order valence-corrected chi connectivity index (χ0v) is 12.2. The first kappa shape index (κ1) is 14.3. The number of hydrogen-bond donors (Lipinski definition) is 1. The van der Waals surface area contributed by atoms with Crippen molar-refractivity contribution in [3.63, 3.8) is 0 Å². The molecule has 1 N–H and O–H groups in total. The van der Waals surface area contributed by atoms with E-state index in [0.717, 1.165) is 27.8 Å². The number of benzene rings is 2. The lowest BCUT2D eigenvalue weighted by Crippen LogP contribution is -2.16. The molecule has 1 unspecified atom stereocenters. The van der Waals surface area contributed by atoms with Gasteiger partial charge in [0.25, 0.3) is 0 Å². The molecule has 1 atom stereocenters. The van der Waals surface area contributed by atoms with Gasteiger partial charge in [0.15, 0.2) is 0 Å². The van der Waals surface area contributed by atoms with Crippen LogP contribution in [0.25, 0.3) is 0 Å². The fraction of sp³-hybridized carbons (Fsp3) is 0.278. The number of aryl methyl sites for hydroxylation is 3. The van der Waals surface area contributed by atoms with Gasteiger partial charge >= 0.3 is 5.97 Å². The Labute approximate surface area is 120 Å². The van der Waals surface area contributed by atoms with Crippen LogP contribution in [-0.2, 0) is 11.2 Å². The molecule has 2 aromatic carbocycles. The molecule has 2 aromatic rings. The maximum atomic E-state index is 11.7. The number of carboxylic acids is 1. The summed E-state index contributed by atoms with van der Waals surface area (Å²) in [5.74, 6) is -1.25. The van der Waals surface area contributed by atoms with Gasteiger partial charge < -0.3 is 5.11 Å². The molecule has 2 heteroatoms. The highest BCUT2D eigenvalue weighted by molar-refractivity contribution is 5.77. The molecule has 0 aromatic heterocycles. The van der Waals surface area contributed by atoms with Crippen LogP contribution in [-0.4, -0.2) is 11.1 Å². The first-order valence-corrected chi connectivity index (χ1v) is 6.84. The fourth-order valence-electron chi connectivity index (χ4n) is 2.68. The smallest absolute Gasteiger partial charge is 0.311 e. The number of carbonyl (C=O) groups is 1. The third-order valence-electron chi connectivity index (χ3n) is 3.91. The molecule has 20 heavy (non-hydrogen) atoms. The second-order valence-electron chi connectivity index (χ2n) is 5.32. The average Bonchev–Trinajstić information content (AvgIpc) is 2.39. The van der Waals surface area contributed by atoms with E-state index in [1.807, 2.05) is 63.2 Å². The zero-order valence-electron chi connectivity index (χ0n) is 12.2.